The fourth-order valence-electron chi connectivity index (χ4n) is 0.953. The number of alkyl halides is 3. The van der Waals surface area contributed by atoms with Crippen molar-refractivity contribution < 1.29 is 36.6 Å². The molecule has 19 heavy (non-hydrogen) atoms. The zero-order valence-electron chi connectivity index (χ0n) is 8.66. The van der Waals surface area contributed by atoms with Crippen molar-refractivity contribution >= 4 is 31.9 Å². The van der Waals surface area contributed by atoms with E-state index < -0.39 is 38.5 Å². The second kappa shape index (κ2) is 4.89. The van der Waals surface area contributed by atoms with Gasteiger partial charge in [-0.25, -0.2) is 4.72 Å². The number of hydrogen-bond acceptors (Lipinski definition) is 5. The highest BCUT2D eigenvalue weighted by Crippen LogP contribution is 2.32. The molecule has 1 rings (SSSR count). The van der Waals surface area contributed by atoms with Crippen LogP contribution in [0.15, 0.2) is 16.6 Å². The Balaban J connectivity index is 3.11. The van der Waals surface area contributed by atoms with E-state index in [0.29, 0.717) is 12.1 Å². The first-order valence-electron chi connectivity index (χ1n) is 4.28. The molecule has 0 saturated carbocycles. The van der Waals surface area contributed by atoms with Crippen LogP contribution >= 0.6 is 15.9 Å². The number of carbonyl (C=O) groups excluding carboxylic acids is 1. The predicted octanol–water partition coefficient (Wildman–Crippen LogP) is 0.808. The summed E-state index contributed by atoms with van der Waals surface area (Å²) in [6, 6.07) is 1.22. The first kappa shape index (κ1) is 15.6. The molecule has 11 heteroatoms. The van der Waals surface area contributed by atoms with Crippen molar-refractivity contribution in [3.05, 3.63) is 22.2 Å². The fraction of sp³-hybridized carbons (Fsp3) is 0.125. The summed E-state index contributed by atoms with van der Waals surface area (Å²) in [7, 11) is -5.88. The standard InChI is InChI=1S/C8H5BrF3NO5S/c9-6-4(14)1-3(2-5(6)15)7(16)13-19(17,18)8(10,11)12/h1-2,14-15H,(H,13,16)/p-1. The van der Waals surface area contributed by atoms with E-state index in [1.165, 1.54) is 0 Å². The van der Waals surface area contributed by atoms with Crippen LogP contribution in [0.4, 0.5) is 13.2 Å². The highest BCUT2D eigenvalue weighted by molar-refractivity contribution is 9.10. The number of hydrogen-bond donors (Lipinski definition) is 2. The maximum absolute atomic E-state index is 12.0. The summed E-state index contributed by atoms with van der Waals surface area (Å²) in [5, 5.41) is 20.4. The smallest absolute Gasteiger partial charge is 0.516 e. The Morgan fingerprint density at radius 1 is 1.37 bits per heavy atom. The summed E-state index contributed by atoms with van der Waals surface area (Å²) in [6.45, 7) is 0. The van der Waals surface area contributed by atoms with Crippen LogP contribution in [-0.2, 0) is 10.0 Å². The van der Waals surface area contributed by atoms with Crippen molar-refractivity contribution in [2.75, 3.05) is 0 Å². The number of benzene rings is 1. The highest BCUT2D eigenvalue weighted by Gasteiger charge is 2.47. The summed E-state index contributed by atoms with van der Waals surface area (Å²) in [4.78, 5) is 11.3. The summed E-state index contributed by atoms with van der Waals surface area (Å²) in [5.41, 5.74) is -6.39. The van der Waals surface area contributed by atoms with Crippen LogP contribution in [-0.4, -0.2) is 24.9 Å². The molecule has 0 aromatic heterocycles. The monoisotopic (exact) mass is 362 g/mol. The first-order chi connectivity index (χ1) is 8.45. The van der Waals surface area contributed by atoms with E-state index in [-0.39, 0.29) is 4.47 Å². The average molecular weight is 363 g/mol. The van der Waals surface area contributed by atoms with Gasteiger partial charge >= 0.3 is 15.5 Å². The molecule has 0 unspecified atom stereocenters. The molecule has 0 fully saturated rings. The van der Waals surface area contributed by atoms with Crippen LogP contribution in [0.3, 0.4) is 0 Å². The molecule has 2 N–H and O–H groups in total. The molecule has 106 valence electrons. The molecule has 0 saturated heterocycles. The Morgan fingerprint density at radius 2 is 1.89 bits per heavy atom. The van der Waals surface area contributed by atoms with Gasteiger partial charge < -0.3 is 10.2 Å². The second-order valence-corrected chi connectivity index (χ2v) is 5.65. The van der Waals surface area contributed by atoms with Crippen molar-refractivity contribution in [3.63, 3.8) is 0 Å². The lowest BCUT2D eigenvalue weighted by molar-refractivity contribution is -0.269. The normalized spacial score (nSPS) is 12.2. The van der Waals surface area contributed by atoms with Crippen molar-refractivity contribution in [1.29, 1.82) is 0 Å². The molecule has 0 aliphatic carbocycles. The van der Waals surface area contributed by atoms with Gasteiger partial charge in [-0.1, -0.05) is 11.8 Å². The molecule has 0 radical (unpaired) electrons. The molecule has 1 aromatic rings. The van der Waals surface area contributed by atoms with Gasteiger partial charge in [0.1, 0.15) is 5.75 Å². The molecular formula is C8H4BrF3NO5S-. The third-order valence-electron chi connectivity index (χ3n) is 1.81. The van der Waals surface area contributed by atoms with E-state index in [1.54, 1.807) is 0 Å². The Bertz CT molecular complexity index is 605. The summed E-state index contributed by atoms with van der Waals surface area (Å²) >= 11 is 2.66. The van der Waals surface area contributed by atoms with Gasteiger partial charge in [0.2, 0.25) is 0 Å². The highest BCUT2D eigenvalue weighted by atomic mass is 79.9. The lowest BCUT2D eigenvalue weighted by atomic mass is 10.2. The van der Waals surface area contributed by atoms with E-state index in [2.05, 4.69) is 15.9 Å². The predicted molar refractivity (Wildman–Crippen MR) is 57.7 cm³/mol. The quantitative estimate of drug-likeness (QED) is 0.809. The number of aromatic hydroxyl groups is 1. The van der Waals surface area contributed by atoms with Crippen LogP contribution in [0.1, 0.15) is 10.4 Å². The lowest BCUT2D eigenvalue weighted by Crippen LogP contribution is -2.40. The maximum atomic E-state index is 12.0. The molecule has 0 spiro atoms. The SMILES string of the molecule is O=C(NS(=O)(=O)C(F)(F)F)c1cc([O-])c(Br)c(O)c1. The van der Waals surface area contributed by atoms with E-state index in [9.17, 15) is 36.6 Å². The van der Waals surface area contributed by atoms with Gasteiger partial charge in [0.25, 0.3) is 5.91 Å². The van der Waals surface area contributed by atoms with E-state index >= 15 is 0 Å². The molecule has 1 amide bonds. The zero-order chi connectivity index (χ0) is 15.0. The van der Waals surface area contributed by atoms with Crippen molar-refractivity contribution in [2.45, 2.75) is 5.51 Å². The van der Waals surface area contributed by atoms with E-state index in [4.69, 9.17) is 0 Å². The molecule has 0 aliphatic heterocycles. The first-order valence-corrected chi connectivity index (χ1v) is 6.56. The van der Waals surface area contributed by atoms with E-state index in [0.717, 1.165) is 4.72 Å². The third kappa shape index (κ3) is 3.29. The van der Waals surface area contributed by atoms with E-state index in [1.807, 2.05) is 0 Å². The summed E-state index contributed by atoms with van der Waals surface area (Å²) < 4.78 is 57.8. The van der Waals surface area contributed by atoms with Crippen molar-refractivity contribution in [3.8, 4) is 11.5 Å². The number of nitrogens with one attached hydrogen (secondary N) is 1. The van der Waals surface area contributed by atoms with Crippen LogP contribution < -0.4 is 9.83 Å². The minimum absolute atomic E-state index is 0.303. The Kier molecular flexibility index (Phi) is 4.00. The van der Waals surface area contributed by atoms with Crippen molar-refractivity contribution in [1.82, 2.24) is 4.72 Å². The van der Waals surface area contributed by atoms with Gasteiger partial charge in [0.05, 0.1) is 4.47 Å². The molecule has 0 bridgehead atoms. The molecular weight excluding hydrogens is 359 g/mol. The average Bonchev–Trinajstić information content (AvgIpc) is 2.22. The van der Waals surface area contributed by atoms with Crippen molar-refractivity contribution in [2.24, 2.45) is 0 Å². The number of amides is 1. The van der Waals surface area contributed by atoms with Crippen LogP contribution in [0.2, 0.25) is 0 Å². The summed E-state index contributed by atoms with van der Waals surface area (Å²) in [5.74, 6) is -3.28. The van der Waals surface area contributed by atoms with Gasteiger partial charge in [-0.05, 0) is 22.0 Å². The Morgan fingerprint density at radius 3 is 2.32 bits per heavy atom. The number of phenolic OH excluding ortho intramolecular Hbond substituents is 1. The topological polar surface area (TPSA) is 107 Å². The van der Waals surface area contributed by atoms with Gasteiger partial charge in [-0.3, -0.25) is 4.79 Å². The lowest BCUT2D eigenvalue weighted by Gasteiger charge is -2.13. The molecule has 0 heterocycles. The van der Waals surface area contributed by atoms with Gasteiger partial charge in [0, 0.05) is 5.56 Å². The molecule has 1 aromatic carbocycles. The van der Waals surface area contributed by atoms with Gasteiger partial charge in [-0.2, -0.15) is 21.6 Å². The Labute approximate surface area is 113 Å². The number of phenols is 1. The van der Waals surface area contributed by atoms with Gasteiger partial charge in [0.15, 0.2) is 0 Å². The number of carbonyl (C=O) groups is 1. The third-order valence-corrected chi connectivity index (χ3v) is 3.67. The summed E-state index contributed by atoms with van der Waals surface area (Å²) in [6.07, 6.45) is 0. The minimum atomic E-state index is -5.88. The molecule has 0 atom stereocenters. The fourth-order valence-corrected chi connectivity index (χ4v) is 1.66. The maximum Gasteiger partial charge on any atom is 0.516 e. The van der Waals surface area contributed by atoms with Crippen LogP contribution in [0.25, 0.3) is 0 Å². The minimum Gasteiger partial charge on any atom is -0.872 e. The number of halogens is 4. The van der Waals surface area contributed by atoms with Crippen LogP contribution in [0.5, 0.6) is 11.5 Å². The Hall–Kier alpha value is -1.49. The number of rotatable bonds is 2. The molecule has 6 nitrogen and oxygen atoms in total. The molecule has 0 aliphatic rings. The second-order valence-electron chi connectivity index (χ2n) is 3.19. The zero-order valence-corrected chi connectivity index (χ0v) is 11.1. The number of sulfonamides is 1. The largest absolute Gasteiger partial charge is 0.872 e. The van der Waals surface area contributed by atoms with Crippen LogP contribution in [0, 0.1) is 0 Å². The van der Waals surface area contributed by atoms with Gasteiger partial charge in [-0.15, -0.1) is 0 Å².